The zero-order valence-corrected chi connectivity index (χ0v) is 27.9. The first-order valence-electron chi connectivity index (χ1n) is 16.5. The molecule has 0 saturated carbocycles. The van der Waals surface area contributed by atoms with E-state index in [4.69, 9.17) is 9.72 Å². The molecule has 5 aromatic rings. The molecule has 2 aliphatic rings. The maximum atomic E-state index is 13.2. The number of rotatable bonds is 5. The van der Waals surface area contributed by atoms with Crippen molar-refractivity contribution in [2.45, 2.75) is 52.9 Å². The number of aromatic nitrogens is 3. The molecule has 10 heteroatoms. The number of fused-ring (bicyclic) bond motifs is 2. The number of ether oxygens (including phenoxy) is 1. The number of benzene rings is 3. The summed E-state index contributed by atoms with van der Waals surface area (Å²) < 4.78 is 5.53. The van der Waals surface area contributed by atoms with E-state index in [9.17, 15) is 9.59 Å². The highest BCUT2D eigenvalue weighted by molar-refractivity contribution is 5.97. The van der Waals surface area contributed by atoms with Gasteiger partial charge >= 0.3 is 12.1 Å². The van der Waals surface area contributed by atoms with E-state index in [0.29, 0.717) is 26.2 Å². The number of H-pyrrole nitrogens is 1. The fourth-order valence-corrected chi connectivity index (χ4v) is 6.47. The van der Waals surface area contributed by atoms with Crippen LogP contribution >= 0.6 is 0 Å². The van der Waals surface area contributed by atoms with E-state index < -0.39 is 5.60 Å². The third-order valence-electron chi connectivity index (χ3n) is 9.08. The number of hydrogen-bond donors (Lipinski definition) is 2. The molecule has 1 saturated heterocycles. The number of nitrogens with zero attached hydrogens (tertiary/aromatic N) is 5. The Morgan fingerprint density at radius 2 is 1.58 bits per heavy atom. The van der Waals surface area contributed by atoms with Gasteiger partial charge in [0.2, 0.25) is 0 Å². The topological polar surface area (TPSA) is 107 Å². The van der Waals surface area contributed by atoms with Crippen LogP contribution in [0.1, 0.15) is 43.0 Å². The smallest absolute Gasteiger partial charge is 0.410 e. The first kappa shape index (κ1) is 31.4. The number of hydrogen-bond acceptors (Lipinski definition) is 6. The van der Waals surface area contributed by atoms with E-state index >= 15 is 0 Å². The van der Waals surface area contributed by atoms with Gasteiger partial charge in [-0.1, -0.05) is 60.7 Å². The van der Waals surface area contributed by atoms with Crippen molar-refractivity contribution >= 4 is 28.8 Å². The molecule has 0 spiro atoms. The van der Waals surface area contributed by atoms with Crippen LogP contribution in [0.3, 0.4) is 0 Å². The summed E-state index contributed by atoms with van der Waals surface area (Å²) in [6, 6.07) is 24.6. The lowest BCUT2D eigenvalue weighted by molar-refractivity contribution is 0.0139. The van der Waals surface area contributed by atoms with Crippen molar-refractivity contribution in [2.75, 3.05) is 31.5 Å². The molecule has 48 heavy (non-hydrogen) atoms. The number of nitrogens with one attached hydrogen (secondary N) is 2. The summed E-state index contributed by atoms with van der Waals surface area (Å²) in [6.45, 7) is 12.7. The molecule has 0 unspecified atom stereocenters. The van der Waals surface area contributed by atoms with Gasteiger partial charge in [0.1, 0.15) is 17.6 Å². The van der Waals surface area contributed by atoms with Gasteiger partial charge in [-0.25, -0.2) is 19.6 Å². The van der Waals surface area contributed by atoms with Crippen LogP contribution in [-0.2, 0) is 24.4 Å². The van der Waals surface area contributed by atoms with Gasteiger partial charge in [0.25, 0.3) is 0 Å². The van der Waals surface area contributed by atoms with E-state index in [0.717, 1.165) is 64.4 Å². The minimum Gasteiger partial charge on any atom is -0.444 e. The second kappa shape index (κ2) is 12.8. The van der Waals surface area contributed by atoms with Crippen molar-refractivity contribution in [1.29, 1.82) is 0 Å². The highest BCUT2D eigenvalue weighted by atomic mass is 16.6. The standard InChI is InChI=1S/C38H41N7O3/c1-25-30(10-7-11-32(25)42-36(46)45-22-28-8-5-6-9-29(28)23-45)34-31-20-33(41-35(31)40-24-39-34)27-14-12-26(13-15-27)21-43-16-18-44(19-17-43)37(47)48-38(2,3)4/h5-15,20,24H,16-19,21-23H2,1-4H3,(H,42,46)(H,39,40,41). The molecular weight excluding hydrogens is 602 g/mol. The Morgan fingerprint density at radius 3 is 2.27 bits per heavy atom. The van der Waals surface area contributed by atoms with Crippen molar-refractivity contribution in [2.24, 2.45) is 0 Å². The van der Waals surface area contributed by atoms with Gasteiger partial charge in [0, 0.05) is 68.1 Å². The van der Waals surface area contributed by atoms with Crippen molar-refractivity contribution < 1.29 is 14.3 Å². The molecule has 3 amide bonds. The van der Waals surface area contributed by atoms with E-state index in [1.165, 1.54) is 16.7 Å². The third kappa shape index (κ3) is 6.61. The lowest BCUT2D eigenvalue weighted by Gasteiger charge is -2.35. The minimum atomic E-state index is -0.486. The van der Waals surface area contributed by atoms with E-state index in [-0.39, 0.29) is 12.1 Å². The Morgan fingerprint density at radius 1 is 0.875 bits per heavy atom. The second-order valence-electron chi connectivity index (χ2n) is 13.6. The molecule has 0 radical (unpaired) electrons. The van der Waals surface area contributed by atoms with Crippen LogP contribution in [0.25, 0.3) is 33.5 Å². The predicted octanol–water partition coefficient (Wildman–Crippen LogP) is 7.20. The number of carbonyl (C=O) groups excluding carboxylic acids is 2. The fraction of sp³-hybridized carbons (Fsp3) is 0.316. The number of amides is 3. The van der Waals surface area contributed by atoms with Gasteiger partial charge in [0.15, 0.2) is 0 Å². The summed E-state index contributed by atoms with van der Waals surface area (Å²) in [5.74, 6) is 0. The number of urea groups is 1. The van der Waals surface area contributed by atoms with Gasteiger partial charge in [-0.3, -0.25) is 4.90 Å². The molecule has 2 aliphatic heterocycles. The number of carbonyl (C=O) groups is 2. The fourth-order valence-electron chi connectivity index (χ4n) is 6.47. The number of anilines is 1. The molecule has 1 fully saturated rings. The molecule has 2 N–H and O–H groups in total. The SMILES string of the molecule is Cc1c(NC(=O)N2Cc3ccccc3C2)cccc1-c1ncnc2[nH]c(-c3ccc(CN4CCN(C(=O)OC(C)(C)C)CC4)cc3)cc12. The molecule has 7 rings (SSSR count). The number of piperazine rings is 1. The quantitative estimate of drug-likeness (QED) is 0.210. The molecule has 3 aromatic carbocycles. The summed E-state index contributed by atoms with van der Waals surface area (Å²) in [7, 11) is 0. The van der Waals surface area contributed by atoms with Crippen molar-refractivity contribution in [1.82, 2.24) is 29.7 Å². The maximum absolute atomic E-state index is 13.2. The maximum Gasteiger partial charge on any atom is 0.410 e. The monoisotopic (exact) mass is 643 g/mol. The molecule has 10 nitrogen and oxygen atoms in total. The highest BCUT2D eigenvalue weighted by Crippen LogP contribution is 2.34. The Balaban J connectivity index is 1.03. The van der Waals surface area contributed by atoms with Crippen LogP contribution < -0.4 is 5.32 Å². The van der Waals surface area contributed by atoms with Crippen LogP contribution in [-0.4, -0.2) is 73.6 Å². The van der Waals surface area contributed by atoms with Gasteiger partial charge in [-0.05, 0) is 67.6 Å². The molecule has 0 bridgehead atoms. The first-order valence-corrected chi connectivity index (χ1v) is 16.5. The van der Waals surface area contributed by atoms with Gasteiger partial charge < -0.3 is 24.8 Å². The zero-order valence-electron chi connectivity index (χ0n) is 27.9. The zero-order chi connectivity index (χ0) is 33.4. The van der Waals surface area contributed by atoms with Crippen LogP contribution in [0.4, 0.5) is 15.3 Å². The number of aromatic amines is 1. The first-order chi connectivity index (χ1) is 23.1. The molecule has 0 atom stereocenters. The van der Waals surface area contributed by atoms with Gasteiger partial charge in [-0.15, -0.1) is 0 Å². The Bertz CT molecular complexity index is 1950. The van der Waals surface area contributed by atoms with Crippen molar-refractivity contribution in [3.05, 3.63) is 101 Å². The normalized spacial score (nSPS) is 15.1. The summed E-state index contributed by atoms with van der Waals surface area (Å²) in [5, 5.41) is 4.05. The lowest BCUT2D eigenvalue weighted by Crippen LogP contribution is -2.49. The van der Waals surface area contributed by atoms with Gasteiger partial charge in [-0.2, -0.15) is 0 Å². The van der Waals surface area contributed by atoms with Crippen LogP contribution in [0.2, 0.25) is 0 Å². The minimum absolute atomic E-state index is 0.116. The second-order valence-corrected chi connectivity index (χ2v) is 13.6. The molecule has 2 aromatic heterocycles. The largest absolute Gasteiger partial charge is 0.444 e. The average Bonchev–Trinajstić information content (AvgIpc) is 3.71. The Kier molecular flexibility index (Phi) is 8.35. The Hall–Kier alpha value is -5.22. The van der Waals surface area contributed by atoms with Crippen LogP contribution in [0, 0.1) is 6.92 Å². The van der Waals surface area contributed by atoms with Crippen LogP contribution in [0.5, 0.6) is 0 Å². The van der Waals surface area contributed by atoms with E-state index in [2.05, 4.69) is 62.6 Å². The molecular formula is C38H41N7O3. The van der Waals surface area contributed by atoms with Crippen LogP contribution in [0.15, 0.2) is 79.1 Å². The summed E-state index contributed by atoms with van der Waals surface area (Å²) in [4.78, 5) is 44.3. The van der Waals surface area contributed by atoms with E-state index in [1.54, 1.807) is 11.2 Å². The summed E-state index contributed by atoms with van der Waals surface area (Å²) in [5.41, 5.74) is 9.34. The highest BCUT2D eigenvalue weighted by Gasteiger charge is 2.26. The van der Waals surface area contributed by atoms with Crippen molar-refractivity contribution in [3.63, 3.8) is 0 Å². The molecule has 0 aliphatic carbocycles. The summed E-state index contributed by atoms with van der Waals surface area (Å²) in [6.07, 6.45) is 1.34. The molecule has 4 heterocycles. The van der Waals surface area contributed by atoms with Crippen molar-refractivity contribution in [3.8, 4) is 22.5 Å². The van der Waals surface area contributed by atoms with Gasteiger partial charge in [0.05, 0.1) is 5.69 Å². The lowest BCUT2D eigenvalue weighted by atomic mass is 10.0. The average molecular weight is 644 g/mol. The third-order valence-corrected chi connectivity index (χ3v) is 9.08. The summed E-state index contributed by atoms with van der Waals surface area (Å²) >= 11 is 0. The predicted molar refractivity (Wildman–Crippen MR) is 187 cm³/mol. The Labute approximate surface area is 280 Å². The van der Waals surface area contributed by atoms with E-state index in [1.807, 2.05) is 62.9 Å². The molecule has 246 valence electrons.